The van der Waals surface area contributed by atoms with Crippen LogP contribution in [0, 0.1) is 5.92 Å². The first kappa shape index (κ1) is 16.4. The normalized spacial score (nSPS) is 28.1. The molecule has 1 aromatic rings. The molecule has 3 atom stereocenters. The van der Waals surface area contributed by atoms with Crippen LogP contribution in [0.5, 0.6) is 0 Å². The summed E-state index contributed by atoms with van der Waals surface area (Å²) < 4.78 is 10.7. The summed E-state index contributed by atoms with van der Waals surface area (Å²) in [6, 6.07) is 7.56. The number of methoxy groups -OCH3 is 1. The number of aliphatic hydroxyl groups excluding tert-OH is 1. The van der Waals surface area contributed by atoms with Crippen LogP contribution in [0.3, 0.4) is 0 Å². The molecule has 1 aromatic carbocycles. The first-order valence-electron chi connectivity index (χ1n) is 8.35. The van der Waals surface area contributed by atoms with E-state index >= 15 is 0 Å². The lowest BCUT2D eigenvalue weighted by atomic mass is 9.93. The maximum Gasteiger partial charge on any atom is 0.254 e. The van der Waals surface area contributed by atoms with Crippen molar-refractivity contribution in [3.8, 4) is 0 Å². The highest BCUT2D eigenvalue weighted by molar-refractivity contribution is 5.94. The van der Waals surface area contributed by atoms with Crippen molar-refractivity contribution < 1.29 is 19.4 Å². The van der Waals surface area contributed by atoms with Crippen molar-refractivity contribution >= 4 is 5.91 Å². The van der Waals surface area contributed by atoms with Crippen molar-refractivity contribution in [2.45, 2.75) is 38.0 Å². The van der Waals surface area contributed by atoms with Gasteiger partial charge in [-0.2, -0.15) is 0 Å². The monoisotopic (exact) mass is 319 g/mol. The summed E-state index contributed by atoms with van der Waals surface area (Å²) in [7, 11) is 1.65. The lowest BCUT2D eigenvalue weighted by Crippen LogP contribution is -2.53. The van der Waals surface area contributed by atoms with Gasteiger partial charge in [0.05, 0.1) is 32.0 Å². The fourth-order valence-electron chi connectivity index (χ4n) is 3.77. The third kappa shape index (κ3) is 3.57. The van der Waals surface area contributed by atoms with Gasteiger partial charge in [-0.3, -0.25) is 4.79 Å². The molecule has 1 amide bonds. The molecule has 1 saturated heterocycles. The highest BCUT2D eigenvalue weighted by Crippen LogP contribution is 2.32. The second-order valence-corrected chi connectivity index (χ2v) is 6.44. The van der Waals surface area contributed by atoms with E-state index in [2.05, 4.69) is 0 Å². The number of amides is 1. The van der Waals surface area contributed by atoms with Gasteiger partial charge in [0.2, 0.25) is 0 Å². The number of hydrogen-bond acceptors (Lipinski definition) is 4. The van der Waals surface area contributed by atoms with Crippen molar-refractivity contribution in [1.29, 1.82) is 0 Å². The quantitative estimate of drug-likeness (QED) is 0.920. The molecule has 2 aliphatic rings. The maximum atomic E-state index is 13.0. The standard InChI is InChI=1S/C18H25NO4/c1-22-11-13-4-2-5-14(10-13)18(21)19-8-9-23-12-16(19)15-6-3-7-17(15)20/h2,4-5,10,15-17,20H,3,6-9,11-12H2,1H3/t15-,16-,17-/m1/s1. The number of carbonyl (C=O) groups excluding carboxylic acids is 1. The van der Waals surface area contributed by atoms with E-state index in [0.717, 1.165) is 24.8 Å². The number of nitrogens with zero attached hydrogens (tertiary/aromatic N) is 1. The highest BCUT2D eigenvalue weighted by atomic mass is 16.5. The van der Waals surface area contributed by atoms with Gasteiger partial charge >= 0.3 is 0 Å². The number of rotatable bonds is 4. The molecule has 1 aliphatic carbocycles. The Labute approximate surface area is 137 Å². The Hall–Kier alpha value is -1.43. The zero-order chi connectivity index (χ0) is 16.2. The van der Waals surface area contributed by atoms with Gasteiger partial charge in [0.1, 0.15) is 0 Å². The molecule has 0 unspecified atom stereocenters. The maximum absolute atomic E-state index is 13.0. The zero-order valence-corrected chi connectivity index (χ0v) is 13.6. The van der Waals surface area contributed by atoms with Gasteiger partial charge in [0.25, 0.3) is 5.91 Å². The number of morpholine rings is 1. The predicted molar refractivity (Wildman–Crippen MR) is 86.1 cm³/mol. The summed E-state index contributed by atoms with van der Waals surface area (Å²) in [5.74, 6) is 0.150. The Morgan fingerprint density at radius 3 is 3.04 bits per heavy atom. The molecule has 0 bridgehead atoms. The van der Waals surface area contributed by atoms with E-state index in [1.54, 1.807) is 7.11 Å². The van der Waals surface area contributed by atoms with Crippen molar-refractivity contribution in [2.24, 2.45) is 5.92 Å². The number of benzene rings is 1. The number of aliphatic hydroxyl groups is 1. The molecule has 126 valence electrons. The fraction of sp³-hybridized carbons (Fsp3) is 0.611. The molecule has 1 aliphatic heterocycles. The summed E-state index contributed by atoms with van der Waals surface area (Å²) in [5.41, 5.74) is 1.67. The van der Waals surface area contributed by atoms with E-state index in [1.165, 1.54) is 0 Å². The second-order valence-electron chi connectivity index (χ2n) is 6.44. The first-order valence-corrected chi connectivity index (χ1v) is 8.35. The van der Waals surface area contributed by atoms with E-state index in [0.29, 0.717) is 31.9 Å². The molecule has 23 heavy (non-hydrogen) atoms. The Bertz CT molecular complexity index is 548. The van der Waals surface area contributed by atoms with Crippen LogP contribution in [-0.4, -0.2) is 54.9 Å². The summed E-state index contributed by atoms with van der Waals surface area (Å²) in [6.07, 6.45) is 2.49. The van der Waals surface area contributed by atoms with E-state index in [1.807, 2.05) is 29.2 Å². The van der Waals surface area contributed by atoms with Gasteiger partial charge in [-0.25, -0.2) is 0 Å². The molecule has 3 rings (SSSR count). The second kappa shape index (κ2) is 7.43. The van der Waals surface area contributed by atoms with Gasteiger partial charge < -0.3 is 19.5 Å². The summed E-state index contributed by atoms with van der Waals surface area (Å²) in [4.78, 5) is 14.9. The molecular weight excluding hydrogens is 294 g/mol. The average Bonchev–Trinajstić information content (AvgIpc) is 3.01. The average molecular weight is 319 g/mol. The molecule has 1 saturated carbocycles. The highest BCUT2D eigenvalue weighted by Gasteiger charge is 2.39. The molecular formula is C18H25NO4. The van der Waals surface area contributed by atoms with E-state index in [4.69, 9.17) is 9.47 Å². The summed E-state index contributed by atoms with van der Waals surface area (Å²) in [6.45, 7) is 2.16. The molecule has 0 radical (unpaired) electrons. The molecule has 1 heterocycles. The molecule has 2 fully saturated rings. The van der Waals surface area contributed by atoms with Crippen LogP contribution in [0.1, 0.15) is 35.2 Å². The van der Waals surface area contributed by atoms with Crippen LogP contribution in [0.2, 0.25) is 0 Å². The lowest BCUT2D eigenvalue weighted by molar-refractivity contribution is -0.0383. The fourth-order valence-corrected chi connectivity index (χ4v) is 3.77. The number of ether oxygens (including phenoxy) is 2. The van der Waals surface area contributed by atoms with Crippen LogP contribution < -0.4 is 0 Å². The minimum atomic E-state index is -0.322. The summed E-state index contributed by atoms with van der Waals surface area (Å²) in [5, 5.41) is 10.2. The minimum Gasteiger partial charge on any atom is -0.393 e. The molecule has 5 nitrogen and oxygen atoms in total. The van der Waals surface area contributed by atoms with Crippen molar-refractivity contribution in [2.75, 3.05) is 26.9 Å². The van der Waals surface area contributed by atoms with Crippen LogP contribution in [-0.2, 0) is 16.1 Å². The number of hydrogen-bond donors (Lipinski definition) is 1. The largest absolute Gasteiger partial charge is 0.393 e. The third-order valence-corrected chi connectivity index (χ3v) is 4.94. The molecule has 0 spiro atoms. The van der Waals surface area contributed by atoms with E-state index < -0.39 is 0 Å². The smallest absolute Gasteiger partial charge is 0.254 e. The van der Waals surface area contributed by atoms with Crippen LogP contribution in [0.25, 0.3) is 0 Å². The lowest BCUT2D eigenvalue weighted by Gasteiger charge is -2.40. The zero-order valence-electron chi connectivity index (χ0n) is 13.6. The molecule has 1 N–H and O–H groups in total. The van der Waals surface area contributed by atoms with E-state index in [-0.39, 0.29) is 24.0 Å². The van der Waals surface area contributed by atoms with Gasteiger partial charge in [0.15, 0.2) is 0 Å². The Kier molecular flexibility index (Phi) is 5.30. The van der Waals surface area contributed by atoms with Crippen molar-refractivity contribution in [1.82, 2.24) is 4.90 Å². The molecule has 0 aromatic heterocycles. The topological polar surface area (TPSA) is 59.0 Å². The van der Waals surface area contributed by atoms with Gasteiger partial charge in [-0.05, 0) is 30.5 Å². The third-order valence-electron chi connectivity index (χ3n) is 4.94. The van der Waals surface area contributed by atoms with Crippen LogP contribution in [0.4, 0.5) is 0 Å². The van der Waals surface area contributed by atoms with Gasteiger partial charge in [0, 0.05) is 25.1 Å². The Morgan fingerprint density at radius 1 is 1.43 bits per heavy atom. The van der Waals surface area contributed by atoms with Crippen molar-refractivity contribution in [3.63, 3.8) is 0 Å². The Balaban J connectivity index is 1.79. The minimum absolute atomic E-state index is 0.0235. The Morgan fingerprint density at radius 2 is 2.30 bits per heavy atom. The van der Waals surface area contributed by atoms with Crippen LogP contribution >= 0.6 is 0 Å². The van der Waals surface area contributed by atoms with Crippen LogP contribution in [0.15, 0.2) is 24.3 Å². The number of carbonyl (C=O) groups is 1. The SMILES string of the molecule is COCc1cccc(C(=O)N2CCOC[C@@H]2[C@H]2CCC[C@H]2O)c1. The van der Waals surface area contributed by atoms with E-state index in [9.17, 15) is 9.90 Å². The predicted octanol–water partition coefficient (Wildman–Crippen LogP) is 1.83. The first-order chi connectivity index (χ1) is 11.2. The van der Waals surface area contributed by atoms with Gasteiger partial charge in [-0.15, -0.1) is 0 Å². The molecule has 5 heteroatoms. The van der Waals surface area contributed by atoms with Crippen molar-refractivity contribution in [3.05, 3.63) is 35.4 Å². The van der Waals surface area contributed by atoms with Gasteiger partial charge in [-0.1, -0.05) is 18.6 Å². The summed E-state index contributed by atoms with van der Waals surface area (Å²) >= 11 is 0.